The van der Waals surface area contributed by atoms with E-state index in [1.54, 1.807) is 0 Å². The van der Waals surface area contributed by atoms with E-state index in [4.69, 9.17) is 4.74 Å². The summed E-state index contributed by atoms with van der Waals surface area (Å²) in [5.74, 6) is 1.30. The van der Waals surface area contributed by atoms with Crippen LogP contribution in [0.25, 0.3) is 0 Å². The summed E-state index contributed by atoms with van der Waals surface area (Å²) in [6.45, 7) is 2.35. The van der Waals surface area contributed by atoms with Crippen LogP contribution < -0.4 is 5.32 Å². The van der Waals surface area contributed by atoms with Crippen LogP contribution in [-0.4, -0.2) is 65.9 Å². The van der Waals surface area contributed by atoms with E-state index < -0.39 is 10.8 Å². The Balaban J connectivity index is 1.94. The third kappa shape index (κ3) is 2.44. The van der Waals surface area contributed by atoms with Crippen molar-refractivity contribution < 1.29 is 13.7 Å². The monoisotopic (exact) mass is 246 g/mol. The highest BCUT2D eigenvalue weighted by molar-refractivity contribution is 7.85. The summed E-state index contributed by atoms with van der Waals surface area (Å²) in [7, 11) is 1.12. The Kier molecular flexibility index (Phi) is 3.94. The largest absolute Gasteiger partial charge is 0.379 e. The second-order valence-electron chi connectivity index (χ2n) is 4.21. The van der Waals surface area contributed by atoms with Crippen LogP contribution in [0.1, 0.15) is 0 Å². The van der Waals surface area contributed by atoms with Gasteiger partial charge in [0.25, 0.3) is 0 Å². The van der Waals surface area contributed by atoms with Gasteiger partial charge in [0, 0.05) is 41.4 Å². The van der Waals surface area contributed by atoms with Crippen molar-refractivity contribution in [1.82, 2.24) is 10.2 Å². The molecule has 2 unspecified atom stereocenters. The minimum atomic E-state index is -0.730. The molecule has 0 aromatic carbocycles. The number of carbonyl (C=O) groups excluding carboxylic acids is 1. The van der Waals surface area contributed by atoms with Gasteiger partial charge in [-0.15, -0.1) is 0 Å². The summed E-state index contributed by atoms with van der Waals surface area (Å²) >= 11 is 0. The van der Waals surface area contributed by atoms with Gasteiger partial charge in [0.05, 0.1) is 19.1 Å². The zero-order chi connectivity index (χ0) is 11.5. The second kappa shape index (κ2) is 5.25. The van der Waals surface area contributed by atoms with E-state index in [1.807, 2.05) is 11.9 Å². The van der Waals surface area contributed by atoms with E-state index >= 15 is 0 Å². The van der Waals surface area contributed by atoms with Gasteiger partial charge in [-0.25, -0.2) is 0 Å². The van der Waals surface area contributed by atoms with Crippen molar-refractivity contribution in [3.8, 4) is 0 Å². The van der Waals surface area contributed by atoms with Gasteiger partial charge in [0.15, 0.2) is 0 Å². The lowest BCUT2D eigenvalue weighted by atomic mass is 10.0. The maximum Gasteiger partial charge on any atom is 0.229 e. The molecule has 0 aromatic rings. The molecule has 6 heteroatoms. The third-order valence-electron chi connectivity index (χ3n) is 3.26. The molecule has 1 amide bonds. The predicted octanol–water partition coefficient (Wildman–Crippen LogP) is -1.19. The van der Waals surface area contributed by atoms with E-state index in [9.17, 15) is 9.00 Å². The van der Waals surface area contributed by atoms with Crippen molar-refractivity contribution in [3.05, 3.63) is 0 Å². The standard InChI is InChI=1S/C10H18N2O3S/c1-11-9-7-15-6-8(9)10(13)12-2-4-16(14)5-3-12/h8-9,11H,2-7H2,1H3. The maximum atomic E-state index is 12.2. The lowest BCUT2D eigenvalue weighted by molar-refractivity contribution is -0.135. The van der Waals surface area contributed by atoms with Gasteiger partial charge in [0.1, 0.15) is 0 Å². The Labute approximate surface area is 98.0 Å². The fourth-order valence-electron chi connectivity index (χ4n) is 2.17. The molecule has 2 aliphatic rings. The molecule has 0 bridgehead atoms. The molecule has 0 aromatic heterocycles. The number of rotatable bonds is 2. The van der Waals surface area contributed by atoms with Gasteiger partial charge in [0.2, 0.25) is 5.91 Å². The van der Waals surface area contributed by atoms with Crippen LogP contribution in [-0.2, 0) is 20.3 Å². The van der Waals surface area contributed by atoms with Crippen LogP contribution in [0.2, 0.25) is 0 Å². The van der Waals surface area contributed by atoms with Crippen LogP contribution in [0.4, 0.5) is 0 Å². The zero-order valence-corrected chi connectivity index (χ0v) is 10.3. The lowest BCUT2D eigenvalue weighted by Gasteiger charge is -2.30. The molecule has 2 fully saturated rings. The Bertz CT molecular complexity index is 288. The summed E-state index contributed by atoms with van der Waals surface area (Å²) in [6, 6.07) is 0.125. The topological polar surface area (TPSA) is 58.6 Å². The molecule has 5 nitrogen and oxygen atoms in total. The van der Waals surface area contributed by atoms with Crippen molar-refractivity contribution in [3.63, 3.8) is 0 Å². The first-order valence-corrected chi connectivity index (χ1v) is 7.10. The van der Waals surface area contributed by atoms with Crippen molar-refractivity contribution in [2.75, 3.05) is 44.9 Å². The van der Waals surface area contributed by atoms with E-state index in [0.29, 0.717) is 37.8 Å². The Hall–Kier alpha value is -0.460. The van der Waals surface area contributed by atoms with Crippen molar-refractivity contribution in [2.24, 2.45) is 5.92 Å². The molecule has 2 aliphatic heterocycles. The first-order valence-electron chi connectivity index (χ1n) is 5.61. The van der Waals surface area contributed by atoms with Crippen molar-refractivity contribution in [2.45, 2.75) is 6.04 Å². The smallest absolute Gasteiger partial charge is 0.229 e. The first kappa shape index (κ1) is 12.0. The van der Waals surface area contributed by atoms with Crippen molar-refractivity contribution in [1.29, 1.82) is 0 Å². The molecular weight excluding hydrogens is 228 g/mol. The normalized spacial score (nSPS) is 31.9. The number of hydrogen-bond acceptors (Lipinski definition) is 4. The van der Waals surface area contributed by atoms with Crippen LogP contribution in [0.5, 0.6) is 0 Å². The Morgan fingerprint density at radius 2 is 2.06 bits per heavy atom. The molecule has 2 heterocycles. The summed E-state index contributed by atoms with van der Waals surface area (Å²) in [6.07, 6.45) is 0. The highest BCUT2D eigenvalue weighted by Gasteiger charge is 2.36. The number of likely N-dealkylation sites (N-methyl/N-ethyl adjacent to an activating group) is 1. The number of amides is 1. The molecule has 16 heavy (non-hydrogen) atoms. The zero-order valence-electron chi connectivity index (χ0n) is 9.48. The molecule has 0 saturated carbocycles. The SMILES string of the molecule is CNC1COCC1C(=O)N1CCS(=O)CC1. The number of hydrogen-bond donors (Lipinski definition) is 1. The van der Waals surface area contributed by atoms with E-state index in [0.717, 1.165) is 0 Å². The highest BCUT2D eigenvalue weighted by atomic mass is 32.2. The van der Waals surface area contributed by atoms with Gasteiger partial charge in [-0.05, 0) is 7.05 Å². The molecular formula is C10H18N2O3S. The Morgan fingerprint density at radius 3 is 2.69 bits per heavy atom. The third-order valence-corrected chi connectivity index (χ3v) is 4.53. The minimum Gasteiger partial charge on any atom is -0.379 e. The summed E-state index contributed by atoms with van der Waals surface area (Å²) in [4.78, 5) is 14.0. The molecule has 2 saturated heterocycles. The summed E-state index contributed by atoms with van der Waals surface area (Å²) in [5.41, 5.74) is 0. The summed E-state index contributed by atoms with van der Waals surface area (Å²) < 4.78 is 16.5. The molecule has 92 valence electrons. The van der Waals surface area contributed by atoms with E-state index in [2.05, 4.69) is 5.32 Å². The van der Waals surface area contributed by atoms with Crippen LogP contribution in [0.3, 0.4) is 0 Å². The molecule has 0 spiro atoms. The molecule has 1 N–H and O–H groups in total. The Morgan fingerprint density at radius 1 is 1.38 bits per heavy atom. The van der Waals surface area contributed by atoms with E-state index in [1.165, 1.54) is 0 Å². The van der Waals surface area contributed by atoms with Gasteiger partial charge in [-0.2, -0.15) is 0 Å². The number of carbonyl (C=O) groups is 1. The maximum absolute atomic E-state index is 12.2. The van der Waals surface area contributed by atoms with Crippen molar-refractivity contribution >= 4 is 16.7 Å². The first-order chi connectivity index (χ1) is 7.72. The molecule has 2 rings (SSSR count). The minimum absolute atomic E-state index is 0.0727. The second-order valence-corrected chi connectivity index (χ2v) is 5.91. The predicted molar refractivity (Wildman–Crippen MR) is 61.6 cm³/mol. The number of ether oxygens (including phenoxy) is 1. The highest BCUT2D eigenvalue weighted by Crippen LogP contribution is 2.17. The fourth-order valence-corrected chi connectivity index (χ4v) is 3.23. The van der Waals surface area contributed by atoms with Gasteiger partial charge < -0.3 is 15.0 Å². The number of nitrogens with zero attached hydrogens (tertiary/aromatic N) is 1. The van der Waals surface area contributed by atoms with Gasteiger partial charge in [-0.1, -0.05) is 0 Å². The van der Waals surface area contributed by atoms with E-state index in [-0.39, 0.29) is 17.9 Å². The fraction of sp³-hybridized carbons (Fsp3) is 0.900. The average molecular weight is 246 g/mol. The van der Waals surface area contributed by atoms with Gasteiger partial charge >= 0.3 is 0 Å². The van der Waals surface area contributed by atoms with Gasteiger partial charge in [-0.3, -0.25) is 9.00 Å². The van der Waals surface area contributed by atoms with Crippen LogP contribution in [0.15, 0.2) is 0 Å². The molecule has 0 aliphatic carbocycles. The molecule has 0 radical (unpaired) electrons. The van der Waals surface area contributed by atoms with Crippen LogP contribution >= 0.6 is 0 Å². The lowest BCUT2D eigenvalue weighted by Crippen LogP contribution is -2.49. The average Bonchev–Trinajstić information content (AvgIpc) is 2.77. The summed E-state index contributed by atoms with van der Waals surface area (Å²) in [5, 5.41) is 3.11. The molecule has 2 atom stereocenters. The quantitative estimate of drug-likeness (QED) is 0.666. The van der Waals surface area contributed by atoms with Crippen LogP contribution in [0, 0.1) is 5.92 Å². The number of nitrogens with one attached hydrogen (secondary N) is 1.